The van der Waals surface area contributed by atoms with Crippen LogP contribution in [0.3, 0.4) is 0 Å². The minimum absolute atomic E-state index is 0.0366. The van der Waals surface area contributed by atoms with Crippen LogP contribution in [-0.2, 0) is 0 Å². The number of carbonyl (C=O) groups excluding carboxylic acids is 1. The fourth-order valence-corrected chi connectivity index (χ4v) is 2.73. The Hall–Kier alpha value is -1.51. The van der Waals surface area contributed by atoms with Crippen molar-refractivity contribution in [2.24, 2.45) is 5.41 Å². The topological polar surface area (TPSA) is 46.3 Å². The first kappa shape index (κ1) is 13.9. The van der Waals surface area contributed by atoms with E-state index in [0.717, 1.165) is 18.8 Å². The maximum atomic E-state index is 11.6. The predicted octanol–water partition coefficient (Wildman–Crippen LogP) is 3.49. The van der Waals surface area contributed by atoms with E-state index in [2.05, 4.69) is 18.7 Å². The van der Waals surface area contributed by atoms with Crippen LogP contribution in [0.15, 0.2) is 18.2 Å². The number of nitrogens with two attached hydrogens (primary N) is 1. The van der Waals surface area contributed by atoms with Gasteiger partial charge in [0.15, 0.2) is 5.78 Å². The molecule has 1 aromatic carbocycles. The molecule has 1 aromatic rings. The number of Topliss-reactive ketones (excluding diaryl/α,β-unsaturated/α-hetero) is 1. The molecule has 0 saturated carbocycles. The molecule has 1 heterocycles. The summed E-state index contributed by atoms with van der Waals surface area (Å²) in [4.78, 5) is 13.9. The molecular weight excluding hydrogens is 236 g/mol. The molecule has 1 aliphatic rings. The van der Waals surface area contributed by atoms with Gasteiger partial charge in [0.2, 0.25) is 0 Å². The van der Waals surface area contributed by atoms with Gasteiger partial charge in [0.05, 0.1) is 0 Å². The van der Waals surface area contributed by atoms with Gasteiger partial charge in [-0.05, 0) is 49.8 Å². The first-order valence-corrected chi connectivity index (χ1v) is 7.04. The van der Waals surface area contributed by atoms with Crippen LogP contribution < -0.4 is 10.6 Å². The lowest BCUT2D eigenvalue weighted by molar-refractivity contribution is 0.101. The molecule has 2 N–H and O–H groups in total. The third kappa shape index (κ3) is 3.28. The molecule has 0 aliphatic carbocycles. The van der Waals surface area contributed by atoms with E-state index in [4.69, 9.17) is 5.73 Å². The van der Waals surface area contributed by atoms with Gasteiger partial charge in [-0.15, -0.1) is 0 Å². The second kappa shape index (κ2) is 5.24. The van der Waals surface area contributed by atoms with E-state index in [9.17, 15) is 4.79 Å². The maximum Gasteiger partial charge on any atom is 0.161 e. The summed E-state index contributed by atoms with van der Waals surface area (Å²) >= 11 is 0. The summed E-state index contributed by atoms with van der Waals surface area (Å²) in [5, 5.41) is 0. The zero-order valence-electron chi connectivity index (χ0n) is 12.2. The smallest absolute Gasteiger partial charge is 0.161 e. The molecule has 0 atom stereocenters. The van der Waals surface area contributed by atoms with Gasteiger partial charge >= 0.3 is 0 Å². The number of anilines is 2. The minimum atomic E-state index is 0.0366. The van der Waals surface area contributed by atoms with E-state index in [1.165, 1.54) is 19.3 Å². The SMILES string of the molecule is CC(=O)c1cc(N2CCCC(C)(C)CC2)ccc1N. The van der Waals surface area contributed by atoms with Crippen molar-refractivity contribution in [1.29, 1.82) is 0 Å². The first-order chi connectivity index (χ1) is 8.89. The lowest BCUT2D eigenvalue weighted by atomic mass is 9.85. The van der Waals surface area contributed by atoms with E-state index in [1.54, 1.807) is 6.92 Å². The second-order valence-corrected chi connectivity index (χ2v) is 6.33. The van der Waals surface area contributed by atoms with Crippen LogP contribution in [0, 0.1) is 5.41 Å². The Kier molecular flexibility index (Phi) is 3.83. The van der Waals surface area contributed by atoms with Crippen LogP contribution in [0.25, 0.3) is 0 Å². The predicted molar refractivity (Wildman–Crippen MR) is 80.7 cm³/mol. The van der Waals surface area contributed by atoms with Crippen molar-refractivity contribution >= 4 is 17.2 Å². The monoisotopic (exact) mass is 260 g/mol. The van der Waals surface area contributed by atoms with E-state index >= 15 is 0 Å². The van der Waals surface area contributed by atoms with Gasteiger partial charge < -0.3 is 10.6 Å². The summed E-state index contributed by atoms with van der Waals surface area (Å²) in [6.07, 6.45) is 3.65. The van der Waals surface area contributed by atoms with Crippen LogP contribution >= 0.6 is 0 Å². The van der Waals surface area contributed by atoms with Gasteiger partial charge in [0.25, 0.3) is 0 Å². The van der Waals surface area contributed by atoms with E-state index in [-0.39, 0.29) is 5.78 Å². The van der Waals surface area contributed by atoms with Crippen LogP contribution in [-0.4, -0.2) is 18.9 Å². The summed E-state index contributed by atoms with van der Waals surface area (Å²) in [6, 6.07) is 5.82. The number of nitrogen functional groups attached to an aromatic ring is 1. The third-order valence-electron chi connectivity index (χ3n) is 4.12. The van der Waals surface area contributed by atoms with Crippen molar-refractivity contribution in [2.75, 3.05) is 23.7 Å². The average molecular weight is 260 g/mol. The summed E-state index contributed by atoms with van der Waals surface area (Å²) in [7, 11) is 0. The number of hydrogen-bond donors (Lipinski definition) is 1. The van der Waals surface area contributed by atoms with Gasteiger partial charge in [-0.25, -0.2) is 0 Å². The summed E-state index contributed by atoms with van der Waals surface area (Å²) in [5.41, 5.74) is 8.61. The second-order valence-electron chi connectivity index (χ2n) is 6.33. The number of benzene rings is 1. The van der Waals surface area contributed by atoms with E-state index in [1.807, 2.05) is 18.2 Å². The largest absolute Gasteiger partial charge is 0.398 e. The molecule has 1 saturated heterocycles. The molecule has 0 amide bonds. The standard InChI is InChI=1S/C16H24N2O/c1-12(19)14-11-13(5-6-15(14)17)18-9-4-7-16(2,3)8-10-18/h5-6,11H,4,7-10,17H2,1-3H3. The van der Waals surface area contributed by atoms with Crippen molar-refractivity contribution in [1.82, 2.24) is 0 Å². The molecule has 0 bridgehead atoms. The Morgan fingerprint density at radius 2 is 2.00 bits per heavy atom. The highest BCUT2D eigenvalue weighted by atomic mass is 16.1. The Morgan fingerprint density at radius 1 is 1.26 bits per heavy atom. The molecule has 19 heavy (non-hydrogen) atoms. The number of hydrogen-bond acceptors (Lipinski definition) is 3. The van der Waals surface area contributed by atoms with Crippen LogP contribution in [0.1, 0.15) is 50.4 Å². The Labute approximate surface area is 115 Å². The summed E-state index contributed by atoms with van der Waals surface area (Å²) in [6.45, 7) is 8.35. The highest BCUT2D eigenvalue weighted by Crippen LogP contribution is 2.32. The number of nitrogens with zero attached hydrogens (tertiary/aromatic N) is 1. The molecule has 0 spiro atoms. The van der Waals surface area contributed by atoms with Crippen molar-refractivity contribution < 1.29 is 4.79 Å². The van der Waals surface area contributed by atoms with Crippen LogP contribution in [0.4, 0.5) is 11.4 Å². The van der Waals surface area contributed by atoms with Crippen molar-refractivity contribution in [2.45, 2.75) is 40.0 Å². The number of rotatable bonds is 2. The van der Waals surface area contributed by atoms with E-state index < -0.39 is 0 Å². The van der Waals surface area contributed by atoms with Crippen molar-refractivity contribution in [3.8, 4) is 0 Å². The zero-order valence-corrected chi connectivity index (χ0v) is 12.2. The molecule has 0 radical (unpaired) electrons. The Bertz CT molecular complexity index is 480. The van der Waals surface area contributed by atoms with Gasteiger partial charge in [-0.2, -0.15) is 0 Å². The molecule has 104 valence electrons. The molecule has 0 unspecified atom stereocenters. The van der Waals surface area contributed by atoms with Gasteiger partial charge in [-0.1, -0.05) is 13.8 Å². The van der Waals surface area contributed by atoms with Gasteiger partial charge in [0, 0.05) is 30.0 Å². The van der Waals surface area contributed by atoms with Crippen molar-refractivity contribution in [3.05, 3.63) is 23.8 Å². The van der Waals surface area contributed by atoms with Gasteiger partial charge in [-0.3, -0.25) is 4.79 Å². The highest BCUT2D eigenvalue weighted by molar-refractivity contribution is 6.00. The van der Waals surface area contributed by atoms with Crippen LogP contribution in [0.5, 0.6) is 0 Å². The normalized spacial score (nSPS) is 19.0. The molecule has 1 fully saturated rings. The summed E-state index contributed by atoms with van der Waals surface area (Å²) in [5.74, 6) is 0.0366. The minimum Gasteiger partial charge on any atom is -0.398 e. The van der Waals surface area contributed by atoms with Crippen LogP contribution in [0.2, 0.25) is 0 Å². The maximum absolute atomic E-state index is 11.6. The molecule has 0 aromatic heterocycles. The summed E-state index contributed by atoms with van der Waals surface area (Å²) < 4.78 is 0. The average Bonchev–Trinajstić information content (AvgIpc) is 2.51. The van der Waals surface area contributed by atoms with E-state index in [0.29, 0.717) is 16.7 Å². The Morgan fingerprint density at radius 3 is 2.68 bits per heavy atom. The van der Waals surface area contributed by atoms with Crippen molar-refractivity contribution in [3.63, 3.8) is 0 Å². The molecule has 3 nitrogen and oxygen atoms in total. The number of carbonyl (C=O) groups is 1. The number of ketones is 1. The molecule has 3 heteroatoms. The zero-order chi connectivity index (χ0) is 14.0. The lowest BCUT2D eigenvalue weighted by Gasteiger charge is -2.25. The molecule has 2 rings (SSSR count). The fourth-order valence-electron chi connectivity index (χ4n) is 2.73. The Balaban J connectivity index is 2.22. The first-order valence-electron chi connectivity index (χ1n) is 7.04. The quantitative estimate of drug-likeness (QED) is 0.654. The fraction of sp³-hybridized carbons (Fsp3) is 0.562. The molecule has 1 aliphatic heterocycles. The van der Waals surface area contributed by atoms with Gasteiger partial charge in [0.1, 0.15) is 0 Å². The molecular formula is C16H24N2O. The third-order valence-corrected chi connectivity index (χ3v) is 4.12. The highest BCUT2D eigenvalue weighted by Gasteiger charge is 2.23. The lowest BCUT2D eigenvalue weighted by Crippen LogP contribution is -2.25.